The summed E-state index contributed by atoms with van der Waals surface area (Å²) in [5.74, 6) is -0.267. The number of rotatable bonds is 6. The molecule has 0 saturated heterocycles. The van der Waals surface area contributed by atoms with E-state index in [1.165, 1.54) is 31.9 Å². The molecular formula is C22H24ClNO5. The molecule has 1 amide bonds. The van der Waals surface area contributed by atoms with Crippen molar-refractivity contribution in [3.8, 4) is 11.5 Å². The van der Waals surface area contributed by atoms with Crippen molar-refractivity contribution in [1.82, 2.24) is 4.90 Å². The lowest BCUT2D eigenvalue weighted by Gasteiger charge is -2.33. The summed E-state index contributed by atoms with van der Waals surface area (Å²) in [5, 5.41) is 0.223. The van der Waals surface area contributed by atoms with Crippen LogP contribution in [0, 0.1) is 0 Å². The van der Waals surface area contributed by atoms with Crippen LogP contribution < -0.4 is 9.47 Å². The molecule has 6 nitrogen and oxygen atoms in total. The average Bonchev–Trinajstić information content (AvgIpc) is 2.75. The highest BCUT2D eigenvalue weighted by Gasteiger charge is 2.27. The Balaban J connectivity index is 1.67. The van der Waals surface area contributed by atoms with Gasteiger partial charge in [0.05, 0.1) is 30.8 Å². The number of ether oxygens (including phenoxy) is 3. The summed E-state index contributed by atoms with van der Waals surface area (Å²) in [5.41, 5.74) is 2.61. The van der Waals surface area contributed by atoms with Crippen molar-refractivity contribution >= 4 is 23.5 Å². The van der Waals surface area contributed by atoms with Crippen LogP contribution in [0.5, 0.6) is 11.5 Å². The summed E-state index contributed by atoms with van der Waals surface area (Å²) in [6, 6.07) is 11.0. The van der Waals surface area contributed by atoms with Gasteiger partial charge in [-0.15, -0.1) is 0 Å². The van der Waals surface area contributed by atoms with Crippen LogP contribution in [0.3, 0.4) is 0 Å². The Bertz CT molecular complexity index is 914. The SMILES string of the molecule is COc1cc(C(=O)OCC(=O)N(C)[C@@H]2CCCc3ccccc32)cc(Cl)c1OC. The molecular weight excluding hydrogens is 394 g/mol. The summed E-state index contributed by atoms with van der Waals surface area (Å²) in [4.78, 5) is 26.7. The van der Waals surface area contributed by atoms with Gasteiger partial charge in [-0.25, -0.2) is 4.79 Å². The largest absolute Gasteiger partial charge is 0.493 e. The van der Waals surface area contributed by atoms with Crippen molar-refractivity contribution in [2.45, 2.75) is 25.3 Å². The number of benzene rings is 2. The fourth-order valence-corrected chi connectivity index (χ4v) is 3.94. The Morgan fingerprint density at radius 2 is 1.93 bits per heavy atom. The van der Waals surface area contributed by atoms with Gasteiger partial charge in [0.1, 0.15) is 0 Å². The van der Waals surface area contributed by atoms with Crippen LogP contribution in [0.4, 0.5) is 0 Å². The smallest absolute Gasteiger partial charge is 0.338 e. The highest BCUT2D eigenvalue weighted by atomic mass is 35.5. The minimum absolute atomic E-state index is 0.0123. The predicted molar refractivity (Wildman–Crippen MR) is 110 cm³/mol. The normalized spacial score (nSPS) is 15.2. The number of esters is 1. The number of hydrogen-bond donors (Lipinski definition) is 0. The molecule has 0 radical (unpaired) electrons. The maximum Gasteiger partial charge on any atom is 0.338 e. The maximum absolute atomic E-state index is 12.7. The zero-order chi connectivity index (χ0) is 21.0. The second kappa shape index (κ2) is 9.18. The molecule has 1 atom stereocenters. The second-order valence-electron chi connectivity index (χ2n) is 6.88. The lowest BCUT2D eigenvalue weighted by Crippen LogP contribution is -2.36. The molecule has 1 aliphatic carbocycles. The monoisotopic (exact) mass is 417 g/mol. The molecule has 1 aliphatic rings. The molecule has 3 rings (SSSR count). The van der Waals surface area contributed by atoms with Crippen molar-refractivity contribution < 1.29 is 23.8 Å². The lowest BCUT2D eigenvalue weighted by molar-refractivity contribution is -0.135. The summed E-state index contributed by atoms with van der Waals surface area (Å²) in [7, 11) is 4.65. The molecule has 2 aromatic rings. The maximum atomic E-state index is 12.7. The lowest BCUT2D eigenvalue weighted by atomic mass is 9.87. The first-order chi connectivity index (χ1) is 14.0. The van der Waals surface area contributed by atoms with Gasteiger partial charge in [0.2, 0.25) is 0 Å². The molecule has 0 aromatic heterocycles. The van der Waals surface area contributed by atoms with E-state index < -0.39 is 5.97 Å². The standard InChI is InChI=1S/C22H24ClNO5/c1-24(18-10-6-8-14-7-4-5-9-16(14)18)20(25)13-29-22(26)15-11-17(23)21(28-3)19(12-15)27-2/h4-5,7,9,11-12,18H,6,8,10,13H2,1-3H3/t18-/m1/s1. The van der Waals surface area contributed by atoms with E-state index >= 15 is 0 Å². The van der Waals surface area contributed by atoms with Crippen LogP contribution in [-0.4, -0.2) is 44.7 Å². The number of hydrogen-bond acceptors (Lipinski definition) is 5. The van der Waals surface area contributed by atoms with E-state index in [2.05, 4.69) is 12.1 Å². The second-order valence-corrected chi connectivity index (χ2v) is 7.29. The fourth-order valence-electron chi connectivity index (χ4n) is 3.65. The minimum Gasteiger partial charge on any atom is -0.493 e. The Morgan fingerprint density at radius 1 is 1.17 bits per heavy atom. The molecule has 0 fully saturated rings. The fraction of sp³-hybridized carbons (Fsp3) is 0.364. The summed E-state index contributed by atoms with van der Waals surface area (Å²) in [6.45, 7) is -0.347. The van der Waals surface area contributed by atoms with Crippen molar-refractivity contribution in [2.75, 3.05) is 27.9 Å². The Labute approximate surface area is 175 Å². The van der Waals surface area contributed by atoms with Gasteiger partial charge >= 0.3 is 5.97 Å². The van der Waals surface area contributed by atoms with E-state index in [0.717, 1.165) is 24.8 Å². The summed E-state index contributed by atoms with van der Waals surface area (Å²) in [6.07, 6.45) is 2.92. The van der Waals surface area contributed by atoms with E-state index in [0.29, 0.717) is 11.5 Å². The van der Waals surface area contributed by atoms with Gasteiger partial charge in [-0.2, -0.15) is 0 Å². The first-order valence-electron chi connectivity index (χ1n) is 9.38. The zero-order valence-electron chi connectivity index (χ0n) is 16.7. The van der Waals surface area contributed by atoms with E-state index in [-0.39, 0.29) is 29.1 Å². The van der Waals surface area contributed by atoms with Crippen LogP contribution in [0.25, 0.3) is 0 Å². The number of likely N-dealkylation sites (N-methyl/N-ethyl adjacent to an activating group) is 1. The van der Waals surface area contributed by atoms with Crippen molar-refractivity contribution in [1.29, 1.82) is 0 Å². The number of carbonyl (C=O) groups is 2. The number of methoxy groups -OCH3 is 2. The van der Waals surface area contributed by atoms with Gasteiger partial charge in [-0.05, 0) is 42.5 Å². The van der Waals surface area contributed by atoms with E-state index in [9.17, 15) is 9.59 Å². The number of amides is 1. The third-order valence-corrected chi connectivity index (χ3v) is 5.48. The van der Waals surface area contributed by atoms with Gasteiger partial charge in [-0.3, -0.25) is 4.79 Å². The van der Waals surface area contributed by atoms with Gasteiger partial charge in [0.25, 0.3) is 5.91 Å². The number of nitrogens with zero attached hydrogens (tertiary/aromatic N) is 1. The minimum atomic E-state index is -0.654. The summed E-state index contributed by atoms with van der Waals surface area (Å²) < 4.78 is 15.6. The van der Waals surface area contributed by atoms with Crippen molar-refractivity contribution in [3.63, 3.8) is 0 Å². The molecule has 0 saturated carbocycles. The molecule has 0 heterocycles. The topological polar surface area (TPSA) is 65.1 Å². The average molecular weight is 418 g/mol. The zero-order valence-corrected chi connectivity index (χ0v) is 17.5. The molecule has 7 heteroatoms. The van der Waals surface area contributed by atoms with Crippen LogP contribution in [0.1, 0.15) is 40.4 Å². The summed E-state index contributed by atoms with van der Waals surface area (Å²) >= 11 is 6.13. The highest BCUT2D eigenvalue weighted by molar-refractivity contribution is 6.32. The van der Waals surface area contributed by atoms with E-state index in [1.807, 2.05) is 12.1 Å². The van der Waals surface area contributed by atoms with Crippen LogP contribution in [0.15, 0.2) is 36.4 Å². The number of fused-ring (bicyclic) bond motifs is 1. The molecule has 0 aliphatic heterocycles. The molecule has 2 aromatic carbocycles. The molecule has 0 bridgehead atoms. The van der Waals surface area contributed by atoms with E-state index in [4.69, 9.17) is 25.8 Å². The molecule has 0 unspecified atom stereocenters. The van der Waals surface area contributed by atoms with Crippen LogP contribution in [0.2, 0.25) is 5.02 Å². The highest BCUT2D eigenvalue weighted by Crippen LogP contribution is 2.36. The molecule has 0 spiro atoms. The predicted octanol–water partition coefficient (Wildman–Crippen LogP) is 4.05. The number of halogens is 1. The quantitative estimate of drug-likeness (QED) is 0.663. The van der Waals surface area contributed by atoms with Crippen molar-refractivity contribution in [2.24, 2.45) is 0 Å². The van der Waals surface area contributed by atoms with Gasteiger partial charge in [-0.1, -0.05) is 35.9 Å². The Morgan fingerprint density at radius 3 is 2.66 bits per heavy atom. The third kappa shape index (κ3) is 4.48. The molecule has 29 heavy (non-hydrogen) atoms. The Hall–Kier alpha value is -2.73. The van der Waals surface area contributed by atoms with Crippen LogP contribution >= 0.6 is 11.6 Å². The van der Waals surface area contributed by atoms with Crippen molar-refractivity contribution in [3.05, 3.63) is 58.1 Å². The van der Waals surface area contributed by atoms with Gasteiger partial charge in [0, 0.05) is 7.05 Å². The number of carbonyl (C=O) groups excluding carboxylic acids is 2. The third-order valence-electron chi connectivity index (χ3n) is 5.19. The molecule has 0 N–H and O–H groups in total. The first kappa shape index (κ1) is 21.0. The number of aryl methyl sites for hydroxylation is 1. The Kier molecular flexibility index (Phi) is 6.64. The van der Waals surface area contributed by atoms with Crippen LogP contribution in [-0.2, 0) is 16.0 Å². The van der Waals surface area contributed by atoms with Gasteiger partial charge < -0.3 is 19.1 Å². The van der Waals surface area contributed by atoms with E-state index in [1.54, 1.807) is 11.9 Å². The first-order valence-corrected chi connectivity index (χ1v) is 9.76. The molecule has 154 valence electrons. The van der Waals surface area contributed by atoms with Gasteiger partial charge in [0.15, 0.2) is 18.1 Å².